The Bertz CT molecular complexity index is 410. The lowest BCUT2D eigenvalue weighted by Gasteiger charge is -2.07. The maximum atomic E-state index is 11.3. The lowest BCUT2D eigenvalue weighted by Crippen LogP contribution is -2.26. The highest BCUT2D eigenvalue weighted by Crippen LogP contribution is 2.20. The number of benzene rings is 1. The van der Waals surface area contributed by atoms with E-state index in [1.807, 2.05) is 12.1 Å². The summed E-state index contributed by atoms with van der Waals surface area (Å²) in [4.78, 5) is 11.3. The second kappa shape index (κ2) is 9.18. The van der Waals surface area contributed by atoms with E-state index in [2.05, 4.69) is 12.2 Å². The number of carbonyl (C=O) groups is 1. The number of halogens is 2. The molecule has 0 bridgehead atoms. The van der Waals surface area contributed by atoms with Gasteiger partial charge in [0.25, 0.3) is 0 Å². The number of rotatable bonds is 8. The van der Waals surface area contributed by atoms with E-state index in [1.165, 1.54) is 0 Å². The van der Waals surface area contributed by atoms with E-state index in [0.717, 1.165) is 24.8 Å². The van der Waals surface area contributed by atoms with E-state index in [0.29, 0.717) is 23.2 Å². The van der Waals surface area contributed by atoms with Crippen molar-refractivity contribution in [2.75, 3.05) is 19.7 Å². The summed E-state index contributed by atoms with van der Waals surface area (Å²) in [7, 11) is 0. The standard InChI is InChI=1S/C14H19Cl2NO2/c1-2-3-8-19-14(18)10-17-7-6-11-4-5-12(15)9-13(11)16/h4-5,9,17H,2-3,6-8,10H2,1H3. The maximum absolute atomic E-state index is 11.3. The van der Waals surface area contributed by atoms with Crippen molar-refractivity contribution in [3.05, 3.63) is 33.8 Å². The van der Waals surface area contributed by atoms with Crippen LogP contribution in [0.4, 0.5) is 0 Å². The van der Waals surface area contributed by atoms with Crippen molar-refractivity contribution in [2.24, 2.45) is 0 Å². The van der Waals surface area contributed by atoms with E-state index in [9.17, 15) is 4.79 Å². The first kappa shape index (κ1) is 16.3. The molecule has 0 unspecified atom stereocenters. The summed E-state index contributed by atoms with van der Waals surface area (Å²) in [6.45, 7) is 3.46. The van der Waals surface area contributed by atoms with Gasteiger partial charge in [0.05, 0.1) is 13.2 Å². The lowest BCUT2D eigenvalue weighted by molar-refractivity contribution is -0.142. The molecule has 1 rings (SSSR count). The molecule has 1 aromatic carbocycles. The van der Waals surface area contributed by atoms with Gasteiger partial charge in [-0.2, -0.15) is 0 Å². The molecule has 0 spiro atoms. The summed E-state index contributed by atoms with van der Waals surface area (Å²) in [6.07, 6.45) is 2.68. The van der Waals surface area contributed by atoms with Gasteiger partial charge in [-0.1, -0.05) is 42.6 Å². The zero-order chi connectivity index (χ0) is 14.1. The van der Waals surface area contributed by atoms with Crippen molar-refractivity contribution in [3.63, 3.8) is 0 Å². The average Bonchev–Trinajstić information content (AvgIpc) is 2.37. The Hall–Kier alpha value is -0.770. The van der Waals surface area contributed by atoms with E-state index < -0.39 is 0 Å². The highest BCUT2D eigenvalue weighted by Gasteiger charge is 2.03. The number of carbonyl (C=O) groups excluding carboxylic acids is 1. The van der Waals surface area contributed by atoms with Gasteiger partial charge < -0.3 is 10.1 Å². The number of hydrogen-bond acceptors (Lipinski definition) is 3. The van der Waals surface area contributed by atoms with Crippen LogP contribution >= 0.6 is 23.2 Å². The number of unbranched alkanes of at least 4 members (excludes halogenated alkanes) is 1. The first-order chi connectivity index (χ1) is 9.13. The summed E-state index contributed by atoms with van der Waals surface area (Å²) in [5.74, 6) is -0.212. The predicted molar refractivity (Wildman–Crippen MR) is 78.9 cm³/mol. The molecule has 0 amide bonds. The van der Waals surface area contributed by atoms with Gasteiger partial charge in [0.15, 0.2) is 0 Å². The van der Waals surface area contributed by atoms with Crippen LogP contribution in [0.2, 0.25) is 10.0 Å². The Labute approximate surface area is 124 Å². The summed E-state index contributed by atoms with van der Waals surface area (Å²) < 4.78 is 5.03. The largest absolute Gasteiger partial charge is 0.465 e. The van der Waals surface area contributed by atoms with Crippen LogP contribution < -0.4 is 5.32 Å². The molecule has 0 atom stereocenters. The second-order valence-corrected chi connectivity index (χ2v) is 5.08. The van der Waals surface area contributed by atoms with Crippen LogP contribution in [-0.4, -0.2) is 25.7 Å². The van der Waals surface area contributed by atoms with Gasteiger partial charge in [-0.25, -0.2) is 0 Å². The molecule has 0 fully saturated rings. The molecule has 0 saturated carbocycles. The van der Waals surface area contributed by atoms with Gasteiger partial charge in [-0.15, -0.1) is 0 Å². The third-order valence-electron chi connectivity index (χ3n) is 2.62. The van der Waals surface area contributed by atoms with Gasteiger partial charge in [0, 0.05) is 10.0 Å². The van der Waals surface area contributed by atoms with Gasteiger partial charge in [-0.05, 0) is 37.1 Å². The fourth-order valence-electron chi connectivity index (χ4n) is 1.52. The normalized spacial score (nSPS) is 10.5. The molecule has 3 nitrogen and oxygen atoms in total. The van der Waals surface area contributed by atoms with Crippen LogP contribution in [0.15, 0.2) is 18.2 Å². The van der Waals surface area contributed by atoms with E-state index in [-0.39, 0.29) is 12.5 Å². The van der Waals surface area contributed by atoms with Crippen molar-refractivity contribution in [1.29, 1.82) is 0 Å². The smallest absolute Gasteiger partial charge is 0.319 e. The molecule has 19 heavy (non-hydrogen) atoms. The molecule has 5 heteroatoms. The molecule has 0 aromatic heterocycles. The summed E-state index contributed by atoms with van der Waals surface area (Å²) >= 11 is 11.9. The Morgan fingerprint density at radius 3 is 2.84 bits per heavy atom. The van der Waals surface area contributed by atoms with Crippen LogP contribution in [0.5, 0.6) is 0 Å². The zero-order valence-corrected chi connectivity index (χ0v) is 12.6. The SMILES string of the molecule is CCCCOC(=O)CNCCc1ccc(Cl)cc1Cl. The quantitative estimate of drug-likeness (QED) is 0.590. The van der Waals surface area contributed by atoms with Crippen LogP contribution in [-0.2, 0) is 16.0 Å². The Kier molecular flexibility index (Phi) is 7.87. The number of esters is 1. The zero-order valence-electron chi connectivity index (χ0n) is 11.0. The molecule has 1 N–H and O–H groups in total. The average molecular weight is 304 g/mol. The first-order valence-electron chi connectivity index (χ1n) is 6.43. The molecule has 0 aliphatic heterocycles. The molecule has 0 heterocycles. The van der Waals surface area contributed by atoms with Crippen molar-refractivity contribution in [1.82, 2.24) is 5.32 Å². The highest BCUT2D eigenvalue weighted by atomic mass is 35.5. The van der Waals surface area contributed by atoms with Crippen LogP contribution in [0.25, 0.3) is 0 Å². The molecule has 0 aliphatic rings. The fraction of sp³-hybridized carbons (Fsp3) is 0.500. The third kappa shape index (κ3) is 6.81. The van der Waals surface area contributed by atoms with Crippen molar-refractivity contribution < 1.29 is 9.53 Å². The van der Waals surface area contributed by atoms with Gasteiger partial charge in [0.1, 0.15) is 0 Å². The van der Waals surface area contributed by atoms with Crippen LogP contribution in [0.3, 0.4) is 0 Å². The second-order valence-electron chi connectivity index (χ2n) is 4.24. The Morgan fingerprint density at radius 1 is 1.37 bits per heavy atom. The lowest BCUT2D eigenvalue weighted by atomic mass is 10.1. The summed E-state index contributed by atoms with van der Waals surface area (Å²) in [5.41, 5.74) is 1.01. The minimum absolute atomic E-state index is 0.212. The minimum atomic E-state index is -0.212. The van der Waals surface area contributed by atoms with E-state index in [1.54, 1.807) is 6.07 Å². The number of hydrogen-bond donors (Lipinski definition) is 1. The molecular weight excluding hydrogens is 285 g/mol. The minimum Gasteiger partial charge on any atom is -0.465 e. The Morgan fingerprint density at radius 2 is 2.16 bits per heavy atom. The highest BCUT2D eigenvalue weighted by molar-refractivity contribution is 6.35. The van der Waals surface area contributed by atoms with Gasteiger partial charge in [-0.3, -0.25) is 4.79 Å². The third-order valence-corrected chi connectivity index (χ3v) is 3.20. The van der Waals surface area contributed by atoms with Crippen LogP contribution in [0, 0.1) is 0 Å². The molecule has 106 valence electrons. The van der Waals surface area contributed by atoms with E-state index >= 15 is 0 Å². The molecular formula is C14H19Cl2NO2. The van der Waals surface area contributed by atoms with Gasteiger partial charge >= 0.3 is 5.97 Å². The monoisotopic (exact) mass is 303 g/mol. The molecule has 0 saturated heterocycles. The van der Waals surface area contributed by atoms with Crippen molar-refractivity contribution in [2.45, 2.75) is 26.2 Å². The number of nitrogens with one attached hydrogen (secondary N) is 1. The first-order valence-corrected chi connectivity index (χ1v) is 7.19. The summed E-state index contributed by atoms with van der Waals surface area (Å²) in [6, 6.07) is 5.42. The van der Waals surface area contributed by atoms with E-state index in [4.69, 9.17) is 27.9 Å². The molecule has 0 radical (unpaired) electrons. The molecule has 1 aromatic rings. The van der Waals surface area contributed by atoms with Crippen molar-refractivity contribution in [3.8, 4) is 0 Å². The maximum Gasteiger partial charge on any atom is 0.319 e. The topological polar surface area (TPSA) is 38.3 Å². The van der Waals surface area contributed by atoms with Crippen LogP contribution in [0.1, 0.15) is 25.3 Å². The summed E-state index contributed by atoms with van der Waals surface area (Å²) in [5, 5.41) is 4.31. The molecule has 0 aliphatic carbocycles. The predicted octanol–water partition coefficient (Wildman–Crippen LogP) is 3.47. The van der Waals surface area contributed by atoms with Gasteiger partial charge in [0.2, 0.25) is 0 Å². The van der Waals surface area contributed by atoms with Crippen molar-refractivity contribution >= 4 is 29.2 Å². The number of ether oxygens (including phenoxy) is 1. The fourth-order valence-corrected chi connectivity index (χ4v) is 2.02. The Balaban J connectivity index is 2.18.